The van der Waals surface area contributed by atoms with Gasteiger partial charge < -0.3 is 15.3 Å². The number of likely N-dealkylation sites (tertiary alicyclic amines) is 1. The van der Waals surface area contributed by atoms with Crippen LogP contribution in [0.1, 0.15) is 40.0 Å². The summed E-state index contributed by atoms with van der Waals surface area (Å²) >= 11 is 0. The zero-order chi connectivity index (χ0) is 13.7. The molecule has 1 heterocycles. The molecule has 2 atom stereocenters. The molecule has 0 aliphatic carbocycles. The number of rotatable bonds is 4. The Labute approximate surface area is 109 Å². The molecule has 1 unspecified atom stereocenters. The van der Waals surface area contributed by atoms with Gasteiger partial charge in [-0.3, -0.25) is 4.79 Å². The van der Waals surface area contributed by atoms with Crippen LogP contribution in [0.2, 0.25) is 0 Å². The molecule has 5 heteroatoms. The number of hydrogen-bond donors (Lipinski definition) is 2. The van der Waals surface area contributed by atoms with E-state index in [0.717, 1.165) is 12.8 Å². The van der Waals surface area contributed by atoms with Gasteiger partial charge in [0.25, 0.3) is 0 Å². The van der Waals surface area contributed by atoms with E-state index in [1.54, 1.807) is 4.90 Å². The molecule has 104 valence electrons. The van der Waals surface area contributed by atoms with Gasteiger partial charge in [-0.2, -0.15) is 0 Å². The van der Waals surface area contributed by atoms with Crippen LogP contribution in [-0.2, 0) is 4.79 Å². The minimum absolute atomic E-state index is 0.128. The Kier molecular flexibility index (Phi) is 5.44. The second kappa shape index (κ2) is 6.61. The van der Waals surface area contributed by atoms with Gasteiger partial charge in [0.2, 0.25) is 0 Å². The van der Waals surface area contributed by atoms with Gasteiger partial charge in [-0.05, 0) is 32.1 Å². The fourth-order valence-electron chi connectivity index (χ4n) is 2.43. The maximum absolute atomic E-state index is 12.0. The maximum Gasteiger partial charge on any atom is 0.317 e. The van der Waals surface area contributed by atoms with Crippen molar-refractivity contribution in [1.82, 2.24) is 10.2 Å². The predicted molar refractivity (Wildman–Crippen MR) is 69.4 cm³/mol. The number of carboxylic acid groups (broad SMARTS) is 1. The smallest absolute Gasteiger partial charge is 0.317 e. The topological polar surface area (TPSA) is 69.6 Å². The molecule has 0 aromatic carbocycles. The van der Waals surface area contributed by atoms with E-state index >= 15 is 0 Å². The second-order valence-corrected chi connectivity index (χ2v) is 5.60. The molecule has 0 spiro atoms. The van der Waals surface area contributed by atoms with Crippen LogP contribution in [0.4, 0.5) is 4.79 Å². The van der Waals surface area contributed by atoms with E-state index in [2.05, 4.69) is 19.2 Å². The number of nitrogens with one attached hydrogen (secondary N) is 1. The van der Waals surface area contributed by atoms with Gasteiger partial charge >= 0.3 is 12.0 Å². The standard InChI is InChI=1S/C13H24N2O3/c1-9(2)7-10(3)14-13(18)15-6-4-5-11(8-15)12(16)17/h9-11H,4-8H2,1-3H3,(H,14,18)(H,16,17)/t10?,11-/m0/s1. The molecule has 2 amide bonds. The summed E-state index contributed by atoms with van der Waals surface area (Å²) < 4.78 is 0. The summed E-state index contributed by atoms with van der Waals surface area (Å²) in [5.74, 6) is -0.680. The number of carbonyl (C=O) groups is 2. The number of piperidine rings is 1. The van der Waals surface area contributed by atoms with Crippen LogP contribution in [0.25, 0.3) is 0 Å². The fraction of sp³-hybridized carbons (Fsp3) is 0.846. The highest BCUT2D eigenvalue weighted by Crippen LogP contribution is 2.16. The summed E-state index contributed by atoms with van der Waals surface area (Å²) in [6.07, 6.45) is 2.37. The molecule has 1 aliphatic heterocycles. The van der Waals surface area contributed by atoms with Gasteiger partial charge in [0, 0.05) is 19.1 Å². The Morgan fingerprint density at radius 2 is 2.06 bits per heavy atom. The van der Waals surface area contributed by atoms with E-state index in [1.165, 1.54) is 0 Å². The number of urea groups is 1. The Morgan fingerprint density at radius 3 is 2.61 bits per heavy atom. The van der Waals surface area contributed by atoms with Crippen molar-refractivity contribution in [3.05, 3.63) is 0 Å². The zero-order valence-electron chi connectivity index (χ0n) is 11.5. The third kappa shape index (κ3) is 4.55. The lowest BCUT2D eigenvalue weighted by Crippen LogP contribution is -2.49. The average Bonchev–Trinajstić information content (AvgIpc) is 2.27. The fourth-order valence-corrected chi connectivity index (χ4v) is 2.43. The van der Waals surface area contributed by atoms with Gasteiger partial charge in [-0.15, -0.1) is 0 Å². The Morgan fingerprint density at radius 1 is 1.39 bits per heavy atom. The molecule has 0 radical (unpaired) electrons. The summed E-state index contributed by atoms with van der Waals surface area (Å²) in [6, 6.07) is -0.00296. The van der Waals surface area contributed by atoms with Crippen molar-refractivity contribution < 1.29 is 14.7 Å². The Bertz CT molecular complexity index is 305. The molecule has 0 saturated carbocycles. The Balaban J connectivity index is 2.43. The van der Waals surface area contributed by atoms with E-state index in [-0.39, 0.29) is 12.1 Å². The lowest BCUT2D eigenvalue weighted by atomic mass is 9.98. The van der Waals surface area contributed by atoms with Crippen molar-refractivity contribution >= 4 is 12.0 Å². The molecule has 1 saturated heterocycles. The minimum atomic E-state index is -0.803. The molecule has 1 rings (SSSR count). The first-order chi connectivity index (χ1) is 8.40. The number of carboxylic acids is 1. The van der Waals surface area contributed by atoms with E-state index < -0.39 is 11.9 Å². The van der Waals surface area contributed by atoms with E-state index in [4.69, 9.17) is 5.11 Å². The van der Waals surface area contributed by atoms with Crippen LogP contribution in [0, 0.1) is 11.8 Å². The van der Waals surface area contributed by atoms with Crippen molar-refractivity contribution in [2.75, 3.05) is 13.1 Å². The van der Waals surface area contributed by atoms with Gasteiger partial charge in [0.05, 0.1) is 5.92 Å². The second-order valence-electron chi connectivity index (χ2n) is 5.60. The van der Waals surface area contributed by atoms with E-state index in [1.807, 2.05) is 6.92 Å². The molecule has 0 aromatic heterocycles. The summed E-state index contributed by atoms with van der Waals surface area (Å²) in [4.78, 5) is 24.5. The van der Waals surface area contributed by atoms with Crippen molar-refractivity contribution in [3.63, 3.8) is 0 Å². The van der Waals surface area contributed by atoms with Crippen molar-refractivity contribution in [2.45, 2.75) is 46.1 Å². The number of aliphatic carboxylic acids is 1. The number of hydrogen-bond acceptors (Lipinski definition) is 2. The highest BCUT2D eigenvalue weighted by Gasteiger charge is 2.28. The van der Waals surface area contributed by atoms with Gasteiger partial charge in [-0.25, -0.2) is 4.79 Å². The monoisotopic (exact) mass is 256 g/mol. The SMILES string of the molecule is CC(C)CC(C)NC(=O)N1CCC[C@H](C(=O)O)C1. The molecule has 0 bridgehead atoms. The first kappa shape index (κ1) is 14.8. The third-order valence-corrected chi connectivity index (χ3v) is 3.25. The minimum Gasteiger partial charge on any atom is -0.481 e. The summed E-state index contributed by atoms with van der Waals surface area (Å²) in [5, 5.41) is 11.9. The third-order valence-electron chi connectivity index (χ3n) is 3.25. The van der Waals surface area contributed by atoms with E-state index in [9.17, 15) is 9.59 Å². The van der Waals surface area contributed by atoms with Crippen molar-refractivity contribution in [2.24, 2.45) is 11.8 Å². The first-order valence-electron chi connectivity index (χ1n) is 6.68. The lowest BCUT2D eigenvalue weighted by Gasteiger charge is -2.32. The normalized spacial score (nSPS) is 21.8. The molecule has 2 N–H and O–H groups in total. The summed E-state index contributed by atoms with van der Waals surface area (Å²) in [5.41, 5.74) is 0. The average molecular weight is 256 g/mol. The molecule has 1 fully saturated rings. The first-order valence-corrected chi connectivity index (χ1v) is 6.68. The zero-order valence-corrected chi connectivity index (χ0v) is 11.5. The molecule has 5 nitrogen and oxygen atoms in total. The molecule has 1 aliphatic rings. The summed E-state index contributed by atoms with van der Waals surface area (Å²) in [6.45, 7) is 7.20. The maximum atomic E-state index is 12.0. The van der Waals surface area contributed by atoms with Crippen LogP contribution in [0.3, 0.4) is 0 Å². The molecular formula is C13H24N2O3. The van der Waals surface area contributed by atoms with Crippen molar-refractivity contribution in [3.8, 4) is 0 Å². The lowest BCUT2D eigenvalue weighted by molar-refractivity contribution is -0.143. The largest absolute Gasteiger partial charge is 0.481 e. The highest BCUT2D eigenvalue weighted by atomic mass is 16.4. The predicted octanol–water partition coefficient (Wildman–Crippen LogP) is 1.93. The van der Waals surface area contributed by atoms with Crippen LogP contribution < -0.4 is 5.32 Å². The van der Waals surface area contributed by atoms with Gasteiger partial charge in [0.15, 0.2) is 0 Å². The van der Waals surface area contributed by atoms with Crippen LogP contribution >= 0.6 is 0 Å². The van der Waals surface area contributed by atoms with Crippen LogP contribution in [0.5, 0.6) is 0 Å². The molecule has 18 heavy (non-hydrogen) atoms. The quantitative estimate of drug-likeness (QED) is 0.807. The highest BCUT2D eigenvalue weighted by molar-refractivity contribution is 5.76. The van der Waals surface area contributed by atoms with Gasteiger partial charge in [0.1, 0.15) is 0 Å². The van der Waals surface area contributed by atoms with Gasteiger partial charge in [-0.1, -0.05) is 13.8 Å². The number of carbonyl (C=O) groups excluding carboxylic acids is 1. The van der Waals surface area contributed by atoms with Crippen LogP contribution in [0.15, 0.2) is 0 Å². The number of amides is 2. The molecular weight excluding hydrogens is 232 g/mol. The Hall–Kier alpha value is -1.26. The van der Waals surface area contributed by atoms with E-state index in [0.29, 0.717) is 25.4 Å². The summed E-state index contributed by atoms with van der Waals surface area (Å²) in [7, 11) is 0. The van der Waals surface area contributed by atoms with Crippen molar-refractivity contribution in [1.29, 1.82) is 0 Å². The van der Waals surface area contributed by atoms with Crippen LogP contribution in [-0.4, -0.2) is 41.1 Å². The number of nitrogens with zero attached hydrogens (tertiary/aromatic N) is 1. The molecule has 0 aromatic rings.